The number of hydrogen-bond donors (Lipinski definition) is 1. The van der Waals surface area contributed by atoms with Crippen LogP contribution in [-0.4, -0.2) is 73.1 Å². The molecule has 7 rings (SSSR count). The van der Waals surface area contributed by atoms with Crippen molar-refractivity contribution in [1.29, 1.82) is 0 Å². The van der Waals surface area contributed by atoms with Gasteiger partial charge in [0.2, 0.25) is 17.7 Å². The number of benzene rings is 2. The molecule has 2 aromatic carbocycles. The van der Waals surface area contributed by atoms with Crippen molar-refractivity contribution in [2.75, 3.05) is 43.4 Å². The Labute approximate surface area is 256 Å². The number of nitrogens with two attached hydrogens (primary N) is 1. The Morgan fingerprint density at radius 3 is 2.18 bits per heavy atom. The van der Waals surface area contributed by atoms with Gasteiger partial charge in [-0.15, -0.1) is 5.10 Å². The Morgan fingerprint density at radius 1 is 0.844 bits per heavy atom. The van der Waals surface area contributed by atoms with Gasteiger partial charge in [0.05, 0.1) is 6.26 Å². The Kier molecular flexibility index (Phi) is 7.83. The second-order valence-corrected chi connectivity index (χ2v) is 11.8. The van der Waals surface area contributed by atoms with Gasteiger partial charge in [-0.3, -0.25) is 9.80 Å². The van der Waals surface area contributed by atoms with Gasteiger partial charge in [-0.05, 0) is 66.3 Å². The summed E-state index contributed by atoms with van der Waals surface area (Å²) in [6.07, 6.45) is 3.38. The second-order valence-electron chi connectivity index (χ2n) is 11.8. The molecule has 0 aliphatic carbocycles. The number of anilines is 2. The van der Waals surface area contributed by atoms with E-state index in [9.17, 15) is 17.6 Å². The van der Waals surface area contributed by atoms with Gasteiger partial charge in [0, 0.05) is 64.0 Å². The molecule has 2 atom stereocenters. The van der Waals surface area contributed by atoms with E-state index in [1.165, 1.54) is 28.8 Å². The summed E-state index contributed by atoms with van der Waals surface area (Å²) in [5.41, 5.74) is 7.15. The third-order valence-corrected chi connectivity index (χ3v) is 8.42. The third-order valence-electron chi connectivity index (χ3n) is 8.42. The van der Waals surface area contributed by atoms with Crippen LogP contribution in [0.4, 0.5) is 29.5 Å². The van der Waals surface area contributed by atoms with Crippen molar-refractivity contribution in [3.8, 4) is 11.6 Å². The molecule has 0 spiro atoms. The first kappa shape index (κ1) is 29.2. The number of fused-ring (bicyclic) bond motifs is 2. The van der Waals surface area contributed by atoms with Crippen LogP contribution in [0.15, 0.2) is 59.2 Å². The molecule has 2 unspecified atom stereocenters. The van der Waals surface area contributed by atoms with Gasteiger partial charge in [0.15, 0.2) is 5.76 Å². The standard InChI is InChI=1S/C31H31F4N9O/c32-22-8-20(9-23(33)12-22)15-41(16-21-10-24(34)13-25(35)11-21)14-19-3-4-26-18-43(6-5-42(26)17-19)30-38-29(36)44-31(39-30)37-28(40-44)27-2-1-7-45-27/h1-2,7-13,19,26H,3-6,14-18H2,(H2,36,37,38,39,40). The average Bonchev–Trinajstić information content (AvgIpc) is 3.67. The van der Waals surface area contributed by atoms with Crippen molar-refractivity contribution < 1.29 is 22.0 Å². The number of nitrogens with zero attached hydrogens (tertiary/aromatic N) is 8. The molecule has 10 nitrogen and oxygen atoms in total. The van der Waals surface area contributed by atoms with Crippen molar-refractivity contribution in [1.82, 2.24) is 34.4 Å². The van der Waals surface area contributed by atoms with E-state index in [0.29, 0.717) is 47.5 Å². The van der Waals surface area contributed by atoms with Crippen molar-refractivity contribution >= 4 is 17.7 Å². The zero-order chi connectivity index (χ0) is 31.1. The van der Waals surface area contributed by atoms with E-state index in [1.807, 2.05) is 4.90 Å². The molecular weight excluding hydrogens is 590 g/mol. The molecule has 234 valence electrons. The summed E-state index contributed by atoms with van der Waals surface area (Å²) in [7, 11) is 0. The highest BCUT2D eigenvalue weighted by Gasteiger charge is 2.34. The molecule has 5 heterocycles. The molecule has 2 N–H and O–H groups in total. The predicted octanol–water partition coefficient (Wildman–Crippen LogP) is 4.52. The fourth-order valence-electron chi connectivity index (χ4n) is 6.51. The van der Waals surface area contributed by atoms with E-state index in [4.69, 9.17) is 10.2 Å². The summed E-state index contributed by atoms with van der Waals surface area (Å²) in [4.78, 5) is 20.2. The lowest BCUT2D eigenvalue weighted by Gasteiger charge is -2.47. The molecule has 2 aliphatic rings. The zero-order valence-corrected chi connectivity index (χ0v) is 24.3. The molecule has 0 bridgehead atoms. The Balaban J connectivity index is 1.03. The lowest BCUT2D eigenvalue weighted by atomic mass is 9.90. The predicted molar refractivity (Wildman–Crippen MR) is 158 cm³/mol. The fraction of sp³-hybridized carbons (Fsp3) is 0.355. The molecule has 2 aliphatic heterocycles. The summed E-state index contributed by atoms with van der Waals surface area (Å²) in [5, 5.41) is 4.36. The smallest absolute Gasteiger partial charge is 0.259 e. The van der Waals surface area contributed by atoms with Crippen LogP contribution in [0, 0.1) is 29.2 Å². The van der Waals surface area contributed by atoms with Crippen molar-refractivity contribution in [3.05, 3.63) is 89.2 Å². The van der Waals surface area contributed by atoms with Gasteiger partial charge < -0.3 is 15.1 Å². The van der Waals surface area contributed by atoms with Crippen LogP contribution in [0.5, 0.6) is 0 Å². The van der Waals surface area contributed by atoms with Gasteiger partial charge in [-0.2, -0.15) is 19.5 Å². The molecule has 0 radical (unpaired) electrons. The van der Waals surface area contributed by atoms with Crippen LogP contribution in [0.1, 0.15) is 24.0 Å². The molecule has 2 fully saturated rings. The van der Waals surface area contributed by atoms with Gasteiger partial charge in [-0.25, -0.2) is 17.6 Å². The minimum absolute atomic E-state index is 0.183. The number of rotatable bonds is 8. The first-order chi connectivity index (χ1) is 21.8. The minimum Gasteiger partial charge on any atom is -0.461 e. The summed E-state index contributed by atoms with van der Waals surface area (Å²) < 4.78 is 62.7. The normalized spacial score (nSPS) is 19.0. The summed E-state index contributed by atoms with van der Waals surface area (Å²) in [6, 6.07) is 10.6. The van der Waals surface area contributed by atoms with Gasteiger partial charge in [-0.1, -0.05) is 0 Å². The maximum absolute atomic E-state index is 14.0. The number of furan rings is 1. The fourth-order valence-corrected chi connectivity index (χ4v) is 6.51. The van der Waals surface area contributed by atoms with Crippen LogP contribution < -0.4 is 10.6 Å². The molecular formula is C31H31F4N9O. The molecule has 5 aromatic rings. The Bertz CT molecular complexity index is 1720. The van der Waals surface area contributed by atoms with Crippen LogP contribution in [-0.2, 0) is 13.1 Å². The third kappa shape index (κ3) is 6.47. The quantitative estimate of drug-likeness (QED) is 0.251. The van der Waals surface area contributed by atoms with Crippen molar-refractivity contribution in [2.24, 2.45) is 5.92 Å². The number of nitrogen functional groups attached to an aromatic ring is 1. The van der Waals surface area contributed by atoms with Crippen LogP contribution in [0.25, 0.3) is 17.4 Å². The van der Waals surface area contributed by atoms with Gasteiger partial charge >= 0.3 is 0 Å². The highest BCUT2D eigenvalue weighted by Crippen LogP contribution is 2.29. The molecule has 0 saturated carbocycles. The number of aromatic nitrogens is 5. The second kappa shape index (κ2) is 12.1. The maximum atomic E-state index is 14.0. The molecule has 14 heteroatoms. The molecule has 2 saturated heterocycles. The largest absolute Gasteiger partial charge is 0.461 e. The van der Waals surface area contributed by atoms with Crippen molar-refractivity contribution in [2.45, 2.75) is 32.0 Å². The van der Waals surface area contributed by atoms with Crippen LogP contribution in [0.3, 0.4) is 0 Å². The Morgan fingerprint density at radius 2 is 1.53 bits per heavy atom. The van der Waals surface area contributed by atoms with E-state index in [2.05, 4.69) is 29.9 Å². The Hall–Kier alpha value is -4.56. The van der Waals surface area contributed by atoms with Gasteiger partial charge in [0.1, 0.15) is 23.3 Å². The number of halogens is 4. The molecule has 0 amide bonds. The van der Waals surface area contributed by atoms with Gasteiger partial charge in [0.25, 0.3) is 5.78 Å². The topological polar surface area (TPSA) is 105 Å². The first-order valence-corrected chi connectivity index (χ1v) is 14.8. The molecule has 3 aromatic heterocycles. The van der Waals surface area contributed by atoms with Crippen LogP contribution >= 0.6 is 0 Å². The summed E-state index contributed by atoms with van der Waals surface area (Å²) in [6.45, 7) is 4.10. The monoisotopic (exact) mass is 621 g/mol. The van der Waals surface area contributed by atoms with E-state index in [1.54, 1.807) is 18.4 Å². The first-order valence-electron chi connectivity index (χ1n) is 14.8. The van der Waals surface area contributed by atoms with Crippen LogP contribution in [0.2, 0.25) is 0 Å². The molecule has 45 heavy (non-hydrogen) atoms. The number of hydrogen-bond acceptors (Lipinski definition) is 9. The van der Waals surface area contributed by atoms with E-state index in [-0.39, 0.29) is 31.0 Å². The summed E-state index contributed by atoms with van der Waals surface area (Å²) in [5.74, 6) is -0.482. The number of piperidine rings is 1. The number of piperazine rings is 1. The van der Waals surface area contributed by atoms with E-state index in [0.717, 1.165) is 44.6 Å². The van der Waals surface area contributed by atoms with E-state index < -0.39 is 23.3 Å². The highest BCUT2D eigenvalue weighted by molar-refractivity contribution is 5.53. The van der Waals surface area contributed by atoms with Crippen molar-refractivity contribution in [3.63, 3.8) is 0 Å². The highest BCUT2D eigenvalue weighted by atomic mass is 19.1. The maximum Gasteiger partial charge on any atom is 0.259 e. The average molecular weight is 622 g/mol. The van der Waals surface area contributed by atoms with E-state index >= 15 is 0 Å². The lowest BCUT2D eigenvalue weighted by Crippen LogP contribution is -2.57. The minimum atomic E-state index is -0.660. The SMILES string of the molecule is Nc1nc(N2CCN3CC(CN(Cc4cc(F)cc(F)c4)Cc4cc(F)cc(F)c4)CCC3C2)nc2nc(-c3ccco3)nn12. The lowest BCUT2D eigenvalue weighted by molar-refractivity contribution is 0.0722. The summed E-state index contributed by atoms with van der Waals surface area (Å²) >= 11 is 0. The zero-order valence-electron chi connectivity index (χ0n) is 24.3.